The number of nitrogens with zero attached hydrogens (tertiary/aromatic N) is 2. The molecule has 2 rings (SSSR count). The number of oxime groups is 1. The van der Waals surface area contributed by atoms with E-state index in [9.17, 15) is 8.78 Å². The standard InChI is InChI=1S/C14H19F2N3O/c1-2-5-19(8-9-3-4-9)13-11(15)6-10(7-12(13)16)14(17)18-20/h6-7,9,20H,2-5,8H2,1H3,(H2,17,18). The van der Waals surface area contributed by atoms with Crippen molar-refractivity contribution in [3.05, 3.63) is 29.3 Å². The second-order valence-corrected chi connectivity index (χ2v) is 5.16. The van der Waals surface area contributed by atoms with Crippen LogP contribution in [0.1, 0.15) is 31.7 Å². The zero-order chi connectivity index (χ0) is 14.7. The van der Waals surface area contributed by atoms with Crippen molar-refractivity contribution in [1.82, 2.24) is 0 Å². The monoisotopic (exact) mass is 283 g/mol. The van der Waals surface area contributed by atoms with Gasteiger partial charge in [-0.3, -0.25) is 0 Å². The highest BCUT2D eigenvalue weighted by Crippen LogP contribution is 2.33. The normalized spacial score (nSPS) is 15.4. The van der Waals surface area contributed by atoms with Crippen LogP contribution in [0.2, 0.25) is 0 Å². The summed E-state index contributed by atoms with van der Waals surface area (Å²) in [6.45, 7) is 3.25. The van der Waals surface area contributed by atoms with Gasteiger partial charge in [-0.15, -0.1) is 0 Å². The molecular weight excluding hydrogens is 264 g/mol. The molecule has 0 amide bonds. The zero-order valence-electron chi connectivity index (χ0n) is 11.4. The van der Waals surface area contributed by atoms with Gasteiger partial charge in [-0.1, -0.05) is 12.1 Å². The van der Waals surface area contributed by atoms with E-state index in [1.54, 1.807) is 4.90 Å². The second kappa shape index (κ2) is 6.07. The van der Waals surface area contributed by atoms with Crippen LogP contribution in [0.25, 0.3) is 0 Å². The lowest BCUT2D eigenvalue weighted by Crippen LogP contribution is -2.29. The number of anilines is 1. The topological polar surface area (TPSA) is 61.8 Å². The second-order valence-electron chi connectivity index (χ2n) is 5.16. The molecule has 4 nitrogen and oxygen atoms in total. The third-order valence-corrected chi connectivity index (χ3v) is 3.41. The van der Waals surface area contributed by atoms with Crippen LogP contribution >= 0.6 is 0 Å². The van der Waals surface area contributed by atoms with Crippen molar-refractivity contribution in [2.75, 3.05) is 18.0 Å². The number of hydrogen-bond acceptors (Lipinski definition) is 3. The third-order valence-electron chi connectivity index (χ3n) is 3.41. The Morgan fingerprint density at radius 2 is 2.00 bits per heavy atom. The minimum Gasteiger partial charge on any atom is -0.409 e. The lowest BCUT2D eigenvalue weighted by molar-refractivity contribution is 0.318. The van der Waals surface area contributed by atoms with Crippen LogP contribution in [0, 0.1) is 17.6 Å². The highest BCUT2D eigenvalue weighted by atomic mass is 19.1. The van der Waals surface area contributed by atoms with Crippen molar-refractivity contribution in [2.24, 2.45) is 16.8 Å². The van der Waals surface area contributed by atoms with Crippen LogP contribution in [0.5, 0.6) is 0 Å². The summed E-state index contributed by atoms with van der Waals surface area (Å²) < 4.78 is 28.4. The molecule has 1 aliphatic rings. The highest BCUT2D eigenvalue weighted by Gasteiger charge is 2.27. The van der Waals surface area contributed by atoms with E-state index in [1.807, 2.05) is 6.92 Å². The fourth-order valence-corrected chi connectivity index (χ4v) is 2.25. The summed E-state index contributed by atoms with van der Waals surface area (Å²) in [6, 6.07) is 2.20. The Morgan fingerprint density at radius 3 is 2.45 bits per heavy atom. The fourth-order valence-electron chi connectivity index (χ4n) is 2.25. The molecule has 0 atom stereocenters. The first-order valence-electron chi connectivity index (χ1n) is 6.78. The van der Waals surface area contributed by atoms with Crippen LogP contribution in [0.3, 0.4) is 0 Å². The van der Waals surface area contributed by atoms with E-state index in [1.165, 1.54) is 0 Å². The van der Waals surface area contributed by atoms with E-state index in [0.717, 1.165) is 31.4 Å². The number of rotatable bonds is 6. The Labute approximate surface area is 116 Å². The van der Waals surface area contributed by atoms with Crippen LogP contribution < -0.4 is 10.6 Å². The summed E-state index contributed by atoms with van der Waals surface area (Å²) in [5, 5.41) is 11.3. The van der Waals surface area contributed by atoms with Crippen LogP contribution in [0.4, 0.5) is 14.5 Å². The van der Waals surface area contributed by atoms with Gasteiger partial charge in [0.2, 0.25) is 0 Å². The predicted octanol–water partition coefficient (Wildman–Crippen LogP) is 2.69. The Morgan fingerprint density at radius 1 is 1.40 bits per heavy atom. The first kappa shape index (κ1) is 14.6. The van der Waals surface area contributed by atoms with Gasteiger partial charge in [-0.05, 0) is 37.3 Å². The van der Waals surface area contributed by atoms with E-state index in [0.29, 0.717) is 19.0 Å². The molecule has 0 heterocycles. The Kier molecular flexibility index (Phi) is 4.42. The molecule has 0 aromatic heterocycles. The Bertz CT molecular complexity index is 492. The number of halogens is 2. The smallest absolute Gasteiger partial charge is 0.170 e. The summed E-state index contributed by atoms with van der Waals surface area (Å²) in [5.74, 6) is -1.14. The van der Waals surface area contributed by atoms with Crippen molar-refractivity contribution in [3.8, 4) is 0 Å². The molecule has 6 heteroatoms. The van der Waals surface area contributed by atoms with Gasteiger partial charge in [-0.2, -0.15) is 0 Å². The third kappa shape index (κ3) is 3.18. The van der Waals surface area contributed by atoms with Crippen molar-refractivity contribution in [3.63, 3.8) is 0 Å². The number of benzene rings is 1. The average Bonchev–Trinajstić information content (AvgIpc) is 3.21. The Hall–Kier alpha value is -1.85. The van der Waals surface area contributed by atoms with Crippen LogP contribution in [-0.2, 0) is 0 Å². The predicted molar refractivity (Wildman–Crippen MR) is 74.1 cm³/mol. The summed E-state index contributed by atoms with van der Waals surface area (Å²) in [6.07, 6.45) is 3.05. The summed E-state index contributed by atoms with van der Waals surface area (Å²) in [4.78, 5) is 1.75. The molecule has 0 radical (unpaired) electrons. The first-order valence-corrected chi connectivity index (χ1v) is 6.78. The molecule has 3 N–H and O–H groups in total. The lowest BCUT2D eigenvalue weighted by Gasteiger charge is -2.25. The van der Waals surface area contributed by atoms with Gasteiger partial charge in [0.1, 0.15) is 17.3 Å². The van der Waals surface area contributed by atoms with Gasteiger partial charge in [0.25, 0.3) is 0 Å². The fraction of sp³-hybridized carbons (Fsp3) is 0.500. The highest BCUT2D eigenvalue weighted by molar-refractivity contribution is 5.97. The molecule has 0 spiro atoms. The summed E-state index contributed by atoms with van der Waals surface area (Å²) in [5.41, 5.74) is 5.38. The molecule has 1 aromatic carbocycles. The van der Waals surface area contributed by atoms with Gasteiger partial charge in [0.05, 0.1) is 0 Å². The lowest BCUT2D eigenvalue weighted by atomic mass is 10.1. The van der Waals surface area contributed by atoms with Crippen molar-refractivity contribution >= 4 is 11.5 Å². The molecule has 0 saturated heterocycles. The maximum Gasteiger partial charge on any atom is 0.170 e. The summed E-state index contributed by atoms with van der Waals surface area (Å²) >= 11 is 0. The zero-order valence-corrected chi connectivity index (χ0v) is 11.4. The molecule has 20 heavy (non-hydrogen) atoms. The van der Waals surface area contributed by atoms with Gasteiger partial charge >= 0.3 is 0 Å². The molecule has 0 unspecified atom stereocenters. The van der Waals surface area contributed by atoms with Gasteiger partial charge in [0, 0.05) is 18.7 Å². The van der Waals surface area contributed by atoms with Crippen molar-refractivity contribution in [2.45, 2.75) is 26.2 Å². The van der Waals surface area contributed by atoms with E-state index in [4.69, 9.17) is 10.9 Å². The molecular formula is C14H19F2N3O. The van der Waals surface area contributed by atoms with E-state index >= 15 is 0 Å². The maximum absolute atomic E-state index is 14.2. The quantitative estimate of drug-likeness (QED) is 0.365. The Balaban J connectivity index is 2.33. The number of nitrogens with two attached hydrogens (primary N) is 1. The average molecular weight is 283 g/mol. The van der Waals surface area contributed by atoms with Crippen LogP contribution in [0.15, 0.2) is 17.3 Å². The molecule has 1 fully saturated rings. The van der Waals surface area contributed by atoms with Crippen molar-refractivity contribution < 1.29 is 14.0 Å². The van der Waals surface area contributed by atoms with E-state index in [2.05, 4.69) is 5.16 Å². The molecule has 0 bridgehead atoms. The maximum atomic E-state index is 14.2. The van der Waals surface area contributed by atoms with E-state index < -0.39 is 11.6 Å². The molecule has 1 aliphatic carbocycles. The molecule has 1 saturated carbocycles. The molecule has 110 valence electrons. The molecule has 0 aliphatic heterocycles. The minimum absolute atomic E-state index is 0.0201. The number of hydrogen-bond donors (Lipinski definition) is 2. The van der Waals surface area contributed by atoms with E-state index in [-0.39, 0.29) is 17.1 Å². The van der Waals surface area contributed by atoms with Crippen LogP contribution in [-0.4, -0.2) is 24.1 Å². The van der Waals surface area contributed by atoms with Gasteiger partial charge < -0.3 is 15.8 Å². The first-order chi connectivity index (χ1) is 9.56. The SMILES string of the molecule is CCCN(CC1CC1)c1c(F)cc(C(N)=NO)cc1F. The largest absolute Gasteiger partial charge is 0.409 e. The summed E-state index contributed by atoms with van der Waals surface area (Å²) in [7, 11) is 0. The van der Waals surface area contributed by atoms with Gasteiger partial charge in [-0.25, -0.2) is 8.78 Å². The molecule has 1 aromatic rings. The van der Waals surface area contributed by atoms with Gasteiger partial charge in [0.15, 0.2) is 5.84 Å². The minimum atomic E-state index is -0.680. The number of amidine groups is 1. The van der Waals surface area contributed by atoms with Crippen molar-refractivity contribution in [1.29, 1.82) is 0 Å².